The molecule has 1 saturated heterocycles. The van der Waals surface area contributed by atoms with Crippen molar-refractivity contribution in [1.82, 2.24) is 4.98 Å². The lowest BCUT2D eigenvalue weighted by Gasteiger charge is -2.17. The predicted molar refractivity (Wildman–Crippen MR) is 91.8 cm³/mol. The maximum Gasteiger partial charge on any atom is 0.186 e. The second kappa shape index (κ2) is 7.60. The van der Waals surface area contributed by atoms with Crippen molar-refractivity contribution in [3.8, 4) is 0 Å². The molecule has 3 nitrogen and oxygen atoms in total. The van der Waals surface area contributed by atoms with Crippen molar-refractivity contribution in [2.75, 3.05) is 13.2 Å². The summed E-state index contributed by atoms with van der Waals surface area (Å²) in [6.45, 7) is 5.12. The van der Waals surface area contributed by atoms with Gasteiger partial charge in [0.05, 0.1) is 19.4 Å². The van der Waals surface area contributed by atoms with E-state index in [9.17, 15) is 4.39 Å². The summed E-state index contributed by atoms with van der Waals surface area (Å²) in [6, 6.07) is 7.86. The summed E-state index contributed by atoms with van der Waals surface area (Å²) in [5, 5.41) is 0.770. The van der Waals surface area contributed by atoms with Gasteiger partial charge in [-0.25, -0.2) is 4.39 Å². The molecule has 0 saturated carbocycles. The smallest absolute Gasteiger partial charge is 0.186 e. The lowest BCUT2D eigenvalue weighted by Crippen LogP contribution is -2.08. The molecule has 0 spiro atoms. The lowest BCUT2D eigenvalue weighted by molar-refractivity contribution is -0.0466. The molecular formula is C19H21ClFNO2. The maximum absolute atomic E-state index is 14.0. The number of aryl methyl sites for hydroxylation is 1. The monoisotopic (exact) mass is 349 g/mol. The Labute approximate surface area is 146 Å². The van der Waals surface area contributed by atoms with Gasteiger partial charge in [0.2, 0.25) is 0 Å². The van der Waals surface area contributed by atoms with E-state index in [-0.39, 0.29) is 5.82 Å². The molecule has 1 aromatic heterocycles. The van der Waals surface area contributed by atoms with Gasteiger partial charge in [0.25, 0.3) is 0 Å². The average Bonchev–Trinajstić information content (AvgIpc) is 3.11. The van der Waals surface area contributed by atoms with Crippen LogP contribution in [0.2, 0.25) is 5.02 Å². The van der Waals surface area contributed by atoms with Gasteiger partial charge in [0, 0.05) is 16.3 Å². The van der Waals surface area contributed by atoms with Crippen LogP contribution < -0.4 is 0 Å². The van der Waals surface area contributed by atoms with E-state index < -0.39 is 6.29 Å². The second-order valence-corrected chi connectivity index (χ2v) is 6.50. The molecule has 0 N–H and O–H groups in total. The van der Waals surface area contributed by atoms with Crippen LogP contribution in [0.1, 0.15) is 47.9 Å². The highest BCUT2D eigenvalue weighted by Crippen LogP contribution is 2.30. The standard InChI is InChI=1S/C19H21ClFNO2/c1-3-13(14-4-5-17(20)12(2)8-14)9-15-10-16(18(21)11-22-15)19-23-6-7-24-19/h4-5,8,10-11,13,19H,3,6-7,9H2,1-2H3/t13-/m0/s1. The summed E-state index contributed by atoms with van der Waals surface area (Å²) in [5.41, 5.74) is 3.55. The van der Waals surface area contributed by atoms with Gasteiger partial charge in [-0.3, -0.25) is 4.98 Å². The molecule has 24 heavy (non-hydrogen) atoms. The Morgan fingerprint density at radius 2 is 2.04 bits per heavy atom. The van der Waals surface area contributed by atoms with Gasteiger partial charge in [-0.05, 0) is 48.9 Å². The Morgan fingerprint density at radius 3 is 2.71 bits per heavy atom. The number of pyridine rings is 1. The van der Waals surface area contributed by atoms with E-state index in [2.05, 4.69) is 24.0 Å². The van der Waals surface area contributed by atoms with Crippen molar-refractivity contribution in [2.45, 2.75) is 38.9 Å². The molecule has 0 aliphatic carbocycles. The molecule has 2 aromatic rings. The third-order valence-corrected chi connectivity index (χ3v) is 4.84. The molecule has 1 aromatic carbocycles. The van der Waals surface area contributed by atoms with Crippen LogP contribution in [0, 0.1) is 12.7 Å². The highest BCUT2D eigenvalue weighted by atomic mass is 35.5. The number of benzene rings is 1. The molecule has 0 bridgehead atoms. The van der Waals surface area contributed by atoms with Gasteiger partial charge in [-0.15, -0.1) is 0 Å². The number of ether oxygens (including phenoxy) is 2. The van der Waals surface area contributed by atoms with Crippen molar-refractivity contribution in [1.29, 1.82) is 0 Å². The second-order valence-electron chi connectivity index (χ2n) is 6.09. The molecule has 1 aliphatic heterocycles. The van der Waals surface area contributed by atoms with Gasteiger partial charge in [-0.1, -0.05) is 30.7 Å². The highest BCUT2D eigenvalue weighted by molar-refractivity contribution is 6.31. The molecule has 0 radical (unpaired) electrons. The van der Waals surface area contributed by atoms with Gasteiger partial charge in [0.1, 0.15) is 5.82 Å². The van der Waals surface area contributed by atoms with E-state index in [0.29, 0.717) is 24.7 Å². The zero-order valence-electron chi connectivity index (χ0n) is 13.9. The predicted octanol–water partition coefficient (Wildman–Crippen LogP) is 4.96. The Hall–Kier alpha value is -1.49. The van der Waals surface area contributed by atoms with Gasteiger partial charge >= 0.3 is 0 Å². The number of hydrogen-bond donors (Lipinski definition) is 0. The zero-order valence-corrected chi connectivity index (χ0v) is 14.6. The van der Waals surface area contributed by atoms with Crippen LogP contribution in [0.4, 0.5) is 4.39 Å². The van der Waals surface area contributed by atoms with E-state index in [1.54, 1.807) is 6.07 Å². The third-order valence-electron chi connectivity index (χ3n) is 4.42. The van der Waals surface area contributed by atoms with E-state index in [4.69, 9.17) is 21.1 Å². The fraction of sp³-hybridized carbons (Fsp3) is 0.421. The normalized spacial score (nSPS) is 16.5. The van der Waals surface area contributed by atoms with Crippen LogP contribution in [-0.2, 0) is 15.9 Å². The first kappa shape index (κ1) is 17.3. The number of nitrogens with zero attached hydrogens (tertiary/aromatic N) is 1. The highest BCUT2D eigenvalue weighted by Gasteiger charge is 2.23. The fourth-order valence-electron chi connectivity index (χ4n) is 3.00. The van der Waals surface area contributed by atoms with Crippen LogP contribution >= 0.6 is 11.6 Å². The quantitative estimate of drug-likeness (QED) is 0.764. The summed E-state index contributed by atoms with van der Waals surface area (Å²) < 4.78 is 24.9. The van der Waals surface area contributed by atoms with Gasteiger partial charge in [0.15, 0.2) is 6.29 Å². The first-order valence-corrected chi connectivity index (χ1v) is 8.60. The summed E-state index contributed by atoms with van der Waals surface area (Å²) in [4.78, 5) is 4.25. The Morgan fingerprint density at radius 1 is 1.29 bits per heavy atom. The molecule has 1 atom stereocenters. The number of hydrogen-bond acceptors (Lipinski definition) is 3. The molecule has 0 unspecified atom stereocenters. The SMILES string of the molecule is CC[C@@H](Cc1cc(C2OCCO2)c(F)cn1)c1ccc(Cl)c(C)c1. The van der Waals surface area contributed by atoms with E-state index in [1.165, 1.54) is 11.8 Å². The Kier molecular flexibility index (Phi) is 5.49. The molecule has 1 fully saturated rings. The summed E-state index contributed by atoms with van der Waals surface area (Å²) in [6.07, 6.45) is 2.34. The summed E-state index contributed by atoms with van der Waals surface area (Å²) in [5.74, 6) is -0.0850. The Balaban J connectivity index is 1.82. The van der Waals surface area contributed by atoms with E-state index >= 15 is 0 Å². The van der Waals surface area contributed by atoms with Gasteiger partial charge < -0.3 is 9.47 Å². The summed E-state index contributed by atoms with van der Waals surface area (Å²) >= 11 is 6.12. The number of aromatic nitrogens is 1. The fourth-order valence-corrected chi connectivity index (χ4v) is 3.12. The number of rotatable bonds is 5. The lowest BCUT2D eigenvalue weighted by atomic mass is 9.90. The minimum atomic E-state index is -0.621. The number of halogens is 2. The van der Waals surface area contributed by atoms with Crippen molar-refractivity contribution < 1.29 is 13.9 Å². The van der Waals surface area contributed by atoms with Crippen molar-refractivity contribution in [3.05, 3.63) is 63.7 Å². The molecule has 5 heteroatoms. The molecule has 3 rings (SSSR count). The maximum atomic E-state index is 14.0. The average molecular weight is 350 g/mol. The van der Waals surface area contributed by atoms with Crippen molar-refractivity contribution in [3.63, 3.8) is 0 Å². The third kappa shape index (κ3) is 3.77. The molecular weight excluding hydrogens is 329 g/mol. The van der Waals surface area contributed by atoms with E-state index in [0.717, 1.165) is 29.1 Å². The molecule has 2 heterocycles. The molecule has 0 amide bonds. The molecule has 128 valence electrons. The van der Waals surface area contributed by atoms with Gasteiger partial charge in [-0.2, -0.15) is 0 Å². The van der Waals surface area contributed by atoms with Crippen LogP contribution in [-0.4, -0.2) is 18.2 Å². The van der Waals surface area contributed by atoms with Crippen molar-refractivity contribution in [2.24, 2.45) is 0 Å². The van der Waals surface area contributed by atoms with Crippen LogP contribution in [0.5, 0.6) is 0 Å². The first-order chi connectivity index (χ1) is 11.6. The van der Waals surface area contributed by atoms with Crippen LogP contribution in [0.3, 0.4) is 0 Å². The van der Waals surface area contributed by atoms with Crippen LogP contribution in [0.15, 0.2) is 30.5 Å². The minimum Gasteiger partial charge on any atom is -0.346 e. The molecule has 1 aliphatic rings. The zero-order chi connectivity index (χ0) is 17.1. The minimum absolute atomic E-state index is 0.303. The summed E-state index contributed by atoms with van der Waals surface area (Å²) in [7, 11) is 0. The largest absolute Gasteiger partial charge is 0.346 e. The first-order valence-electron chi connectivity index (χ1n) is 8.22. The van der Waals surface area contributed by atoms with Crippen LogP contribution in [0.25, 0.3) is 0 Å². The van der Waals surface area contributed by atoms with E-state index in [1.807, 2.05) is 13.0 Å². The topological polar surface area (TPSA) is 31.4 Å². The Bertz CT molecular complexity index is 717. The van der Waals surface area contributed by atoms with Crippen molar-refractivity contribution >= 4 is 11.6 Å².